The molecule has 1 rings (SSSR count). The number of ether oxygens (including phenoxy) is 1. The van der Waals surface area contributed by atoms with Crippen LogP contribution in [0.2, 0.25) is 0 Å². The molecule has 1 heterocycles. The number of amides is 1. The summed E-state index contributed by atoms with van der Waals surface area (Å²) in [6, 6.07) is 0. The monoisotopic (exact) mass is 351 g/mol. The van der Waals surface area contributed by atoms with E-state index in [1.807, 2.05) is 0 Å². The molecule has 0 aromatic rings. The highest BCUT2D eigenvalue weighted by molar-refractivity contribution is 7.87. The summed E-state index contributed by atoms with van der Waals surface area (Å²) in [6.45, 7) is 4.02. The van der Waals surface area contributed by atoms with Crippen LogP contribution in [-0.4, -0.2) is 55.9 Å². The van der Waals surface area contributed by atoms with Gasteiger partial charge in [0.25, 0.3) is 0 Å². The van der Waals surface area contributed by atoms with Gasteiger partial charge in [-0.2, -0.15) is 21.6 Å². The Morgan fingerprint density at radius 3 is 2.18 bits per heavy atom. The van der Waals surface area contributed by atoms with E-state index >= 15 is 0 Å². The predicted molar refractivity (Wildman–Crippen MR) is 67.2 cm³/mol. The Morgan fingerprint density at radius 2 is 1.77 bits per heavy atom. The van der Waals surface area contributed by atoms with Crippen LogP contribution in [0, 0.1) is 0 Å². The molecule has 0 bridgehead atoms. The van der Waals surface area contributed by atoms with Crippen LogP contribution in [0.15, 0.2) is 0 Å². The van der Waals surface area contributed by atoms with Crippen molar-refractivity contribution in [3.63, 3.8) is 0 Å². The zero-order valence-corrected chi connectivity index (χ0v) is 13.0. The van der Waals surface area contributed by atoms with Crippen molar-refractivity contribution in [2.75, 3.05) is 13.1 Å². The van der Waals surface area contributed by atoms with Crippen molar-refractivity contribution >= 4 is 16.2 Å². The summed E-state index contributed by atoms with van der Waals surface area (Å²) in [7, 11) is -5.87. The quantitative estimate of drug-likeness (QED) is 0.433. The molecule has 1 fully saturated rings. The molecule has 1 aliphatic heterocycles. The fourth-order valence-corrected chi connectivity index (χ4v) is 2.35. The summed E-state index contributed by atoms with van der Waals surface area (Å²) < 4.78 is 80.9. The molecule has 0 radical (unpaired) electrons. The van der Waals surface area contributed by atoms with Crippen LogP contribution in [0.5, 0.6) is 0 Å². The standard InChI is InChI=1S/C11H17F4NO5S/c1-10(2,3)20-9(17)16-5-4-8(7(12)6-16)21-22(18,19)11(13,14)15/h7-8H,4-6H2,1-3H3/t7-,8-/m0/s1. The van der Waals surface area contributed by atoms with Gasteiger partial charge in [0.15, 0.2) is 0 Å². The van der Waals surface area contributed by atoms with Crippen LogP contribution in [0.3, 0.4) is 0 Å². The van der Waals surface area contributed by atoms with Gasteiger partial charge in [0, 0.05) is 6.54 Å². The zero-order valence-electron chi connectivity index (χ0n) is 12.2. The predicted octanol–water partition coefficient (Wildman–Crippen LogP) is 2.20. The second kappa shape index (κ2) is 6.19. The zero-order chi connectivity index (χ0) is 17.3. The summed E-state index contributed by atoms with van der Waals surface area (Å²) in [5.41, 5.74) is -6.43. The number of hydrogen-bond donors (Lipinski definition) is 0. The number of nitrogens with zero attached hydrogens (tertiary/aromatic N) is 1. The van der Waals surface area contributed by atoms with Gasteiger partial charge in [0.05, 0.1) is 6.54 Å². The molecule has 0 aliphatic carbocycles. The minimum absolute atomic E-state index is 0.173. The first-order valence-electron chi connectivity index (χ1n) is 6.34. The maximum atomic E-state index is 13.8. The number of carbonyl (C=O) groups excluding carboxylic acids is 1. The molecule has 11 heteroatoms. The average molecular weight is 351 g/mol. The van der Waals surface area contributed by atoms with Crippen molar-refractivity contribution in [2.24, 2.45) is 0 Å². The van der Waals surface area contributed by atoms with E-state index in [0.29, 0.717) is 0 Å². The van der Waals surface area contributed by atoms with Gasteiger partial charge in [0.2, 0.25) is 0 Å². The van der Waals surface area contributed by atoms with E-state index < -0.39 is 52.6 Å². The second-order valence-electron chi connectivity index (χ2n) is 5.77. The molecular weight excluding hydrogens is 334 g/mol. The van der Waals surface area contributed by atoms with Crippen LogP contribution in [0.25, 0.3) is 0 Å². The maximum absolute atomic E-state index is 13.8. The molecule has 130 valence electrons. The smallest absolute Gasteiger partial charge is 0.444 e. The van der Waals surface area contributed by atoms with Crippen molar-refractivity contribution in [2.45, 2.75) is 50.6 Å². The lowest BCUT2D eigenvalue weighted by Crippen LogP contribution is -2.50. The first-order valence-corrected chi connectivity index (χ1v) is 7.75. The van der Waals surface area contributed by atoms with Gasteiger partial charge in [-0.25, -0.2) is 9.18 Å². The third kappa shape index (κ3) is 4.97. The van der Waals surface area contributed by atoms with Gasteiger partial charge < -0.3 is 9.64 Å². The molecule has 0 saturated carbocycles. The van der Waals surface area contributed by atoms with Gasteiger partial charge in [-0.1, -0.05) is 0 Å². The third-order valence-corrected chi connectivity index (χ3v) is 3.73. The Hall–Kier alpha value is -1.10. The Morgan fingerprint density at radius 1 is 1.23 bits per heavy atom. The van der Waals surface area contributed by atoms with Gasteiger partial charge in [-0.15, -0.1) is 0 Å². The minimum Gasteiger partial charge on any atom is -0.444 e. The molecule has 0 N–H and O–H groups in total. The van der Waals surface area contributed by atoms with Gasteiger partial charge >= 0.3 is 21.7 Å². The summed E-state index contributed by atoms with van der Waals surface area (Å²) >= 11 is 0. The topological polar surface area (TPSA) is 72.9 Å². The van der Waals surface area contributed by atoms with E-state index in [9.17, 15) is 30.8 Å². The number of carbonyl (C=O) groups is 1. The number of piperidine rings is 1. The van der Waals surface area contributed by atoms with Crippen LogP contribution in [0.1, 0.15) is 27.2 Å². The molecular formula is C11H17F4NO5S. The van der Waals surface area contributed by atoms with Gasteiger partial charge in [0.1, 0.15) is 17.9 Å². The van der Waals surface area contributed by atoms with Gasteiger partial charge in [-0.05, 0) is 27.2 Å². The molecule has 22 heavy (non-hydrogen) atoms. The van der Waals surface area contributed by atoms with E-state index in [1.165, 1.54) is 0 Å². The highest BCUT2D eigenvalue weighted by atomic mass is 32.2. The molecule has 1 amide bonds. The van der Waals surface area contributed by atoms with Crippen molar-refractivity contribution in [1.82, 2.24) is 4.90 Å². The van der Waals surface area contributed by atoms with E-state index in [1.54, 1.807) is 20.8 Å². The first kappa shape index (κ1) is 18.9. The normalized spacial score (nSPS) is 24.2. The van der Waals surface area contributed by atoms with Crippen molar-refractivity contribution < 1.29 is 39.7 Å². The van der Waals surface area contributed by atoms with E-state index in [4.69, 9.17) is 4.74 Å². The molecule has 0 unspecified atom stereocenters. The Kier molecular flexibility index (Phi) is 5.33. The Bertz CT molecular complexity index is 514. The number of halogens is 4. The Labute approximate surface area is 125 Å². The lowest BCUT2D eigenvalue weighted by atomic mass is 10.1. The van der Waals surface area contributed by atoms with Gasteiger partial charge in [-0.3, -0.25) is 4.18 Å². The van der Waals surface area contributed by atoms with Crippen LogP contribution in [0.4, 0.5) is 22.4 Å². The maximum Gasteiger partial charge on any atom is 0.523 e. The highest BCUT2D eigenvalue weighted by Crippen LogP contribution is 2.29. The molecule has 0 aromatic heterocycles. The van der Waals surface area contributed by atoms with E-state index in [-0.39, 0.29) is 6.54 Å². The van der Waals surface area contributed by atoms with Crippen LogP contribution in [-0.2, 0) is 19.0 Å². The van der Waals surface area contributed by atoms with Crippen molar-refractivity contribution in [1.29, 1.82) is 0 Å². The van der Waals surface area contributed by atoms with Crippen LogP contribution >= 0.6 is 0 Å². The summed E-state index contributed by atoms with van der Waals surface area (Å²) in [5, 5.41) is 0. The summed E-state index contributed by atoms with van der Waals surface area (Å²) in [5.74, 6) is 0. The summed E-state index contributed by atoms with van der Waals surface area (Å²) in [4.78, 5) is 12.7. The highest BCUT2D eigenvalue weighted by Gasteiger charge is 2.50. The lowest BCUT2D eigenvalue weighted by molar-refractivity contribution is -0.0654. The number of likely N-dealkylation sites (tertiary alicyclic amines) is 1. The Balaban J connectivity index is 2.66. The molecule has 1 aliphatic rings. The third-order valence-electron chi connectivity index (χ3n) is 2.67. The number of hydrogen-bond acceptors (Lipinski definition) is 5. The molecule has 0 aromatic carbocycles. The molecule has 1 saturated heterocycles. The lowest BCUT2D eigenvalue weighted by Gasteiger charge is -2.35. The second-order valence-corrected chi connectivity index (χ2v) is 7.33. The van der Waals surface area contributed by atoms with Crippen LogP contribution < -0.4 is 0 Å². The minimum atomic E-state index is -5.87. The largest absolute Gasteiger partial charge is 0.523 e. The van der Waals surface area contributed by atoms with E-state index in [2.05, 4.69) is 4.18 Å². The van der Waals surface area contributed by atoms with E-state index in [0.717, 1.165) is 4.90 Å². The molecule has 0 spiro atoms. The fourth-order valence-electron chi connectivity index (χ4n) is 1.70. The molecule has 6 nitrogen and oxygen atoms in total. The summed E-state index contributed by atoms with van der Waals surface area (Å²) in [6.07, 6.45) is -5.08. The molecule has 2 atom stereocenters. The van der Waals surface area contributed by atoms with Crippen molar-refractivity contribution in [3.8, 4) is 0 Å². The van der Waals surface area contributed by atoms with Crippen molar-refractivity contribution in [3.05, 3.63) is 0 Å². The first-order chi connectivity index (χ1) is 9.73. The number of rotatable bonds is 2. The fraction of sp³-hybridized carbons (Fsp3) is 0.909. The number of alkyl halides is 4. The SMILES string of the molecule is CC(C)(C)OC(=O)N1CC[C@H](OS(=O)(=O)C(F)(F)F)[C@@H](F)C1. The average Bonchev–Trinajstić information content (AvgIpc) is 2.27.